The van der Waals surface area contributed by atoms with Crippen LogP contribution in [-0.4, -0.2) is 32.2 Å². The lowest BCUT2D eigenvalue weighted by atomic mass is 10.1. The summed E-state index contributed by atoms with van der Waals surface area (Å²) < 4.78 is 4.33. The number of fused-ring (bicyclic) bond motifs is 1. The largest absolute Gasteiger partial charge is 0.340 e. The maximum absolute atomic E-state index is 13.3. The van der Waals surface area contributed by atoms with Crippen molar-refractivity contribution in [3.05, 3.63) is 87.9 Å². The highest BCUT2D eigenvalue weighted by Crippen LogP contribution is 2.28. The van der Waals surface area contributed by atoms with Crippen molar-refractivity contribution in [1.82, 2.24) is 19.2 Å². The van der Waals surface area contributed by atoms with Crippen LogP contribution in [0.5, 0.6) is 0 Å². The molecule has 0 saturated heterocycles. The van der Waals surface area contributed by atoms with Crippen LogP contribution in [0.2, 0.25) is 0 Å². The zero-order chi connectivity index (χ0) is 23.0. The number of carbonyl (C=O) groups is 1. The lowest BCUT2D eigenvalue weighted by Gasteiger charge is -2.18. The summed E-state index contributed by atoms with van der Waals surface area (Å²) in [4.78, 5) is 15.1. The Balaban J connectivity index is 1.63. The van der Waals surface area contributed by atoms with Crippen LogP contribution in [0.25, 0.3) is 10.9 Å². The van der Waals surface area contributed by atoms with E-state index in [-0.39, 0.29) is 5.91 Å². The molecule has 0 radical (unpaired) electrons. The van der Waals surface area contributed by atoms with Gasteiger partial charge in [0.05, 0.1) is 5.69 Å². The van der Waals surface area contributed by atoms with Crippen molar-refractivity contribution >= 4 is 16.8 Å². The predicted molar refractivity (Wildman–Crippen MR) is 130 cm³/mol. The Bertz CT molecular complexity index is 1280. The molecule has 5 nitrogen and oxygen atoms in total. The molecule has 0 N–H and O–H groups in total. The molecule has 1 amide bonds. The monoisotopic (exact) mass is 428 g/mol. The first-order chi connectivity index (χ1) is 15.3. The Labute approximate surface area is 190 Å². The predicted octanol–water partition coefficient (Wildman–Crippen LogP) is 5.41. The van der Waals surface area contributed by atoms with Crippen LogP contribution in [-0.2, 0) is 19.6 Å². The van der Waals surface area contributed by atoms with Crippen LogP contribution < -0.4 is 0 Å². The SMILES string of the molecule is CCn1nc(C)c(CN(C)C(=O)c2ccc3c(c2)c(C)c(C)n3Cc2ccccc2)c1C. The van der Waals surface area contributed by atoms with Gasteiger partial charge in [0.25, 0.3) is 5.91 Å². The third-order valence-electron chi connectivity index (χ3n) is 6.64. The Hall–Kier alpha value is -3.34. The van der Waals surface area contributed by atoms with Crippen molar-refractivity contribution in [2.75, 3.05) is 7.05 Å². The summed E-state index contributed by atoms with van der Waals surface area (Å²) in [5.41, 5.74) is 8.87. The molecule has 4 rings (SSSR count). The van der Waals surface area contributed by atoms with Crippen LogP contribution in [0.15, 0.2) is 48.5 Å². The molecule has 2 aromatic carbocycles. The fourth-order valence-corrected chi connectivity index (χ4v) is 4.55. The highest BCUT2D eigenvalue weighted by molar-refractivity contribution is 5.99. The second-order valence-electron chi connectivity index (χ2n) is 8.64. The summed E-state index contributed by atoms with van der Waals surface area (Å²) in [6.45, 7) is 12.7. The number of aryl methyl sites for hydroxylation is 3. The molecular weight excluding hydrogens is 396 g/mol. The number of rotatable bonds is 6. The Morgan fingerprint density at radius 2 is 1.72 bits per heavy atom. The molecule has 0 aliphatic rings. The number of hydrogen-bond acceptors (Lipinski definition) is 2. The summed E-state index contributed by atoms with van der Waals surface area (Å²) in [5.74, 6) is 0.0304. The highest BCUT2D eigenvalue weighted by atomic mass is 16.2. The Morgan fingerprint density at radius 1 is 1.00 bits per heavy atom. The minimum atomic E-state index is 0.0304. The summed E-state index contributed by atoms with van der Waals surface area (Å²) in [6, 6.07) is 16.6. The fourth-order valence-electron chi connectivity index (χ4n) is 4.55. The molecule has 0 aliphatic carbocycles. The van der Waals surface area contributed by atoms with E-state index in [4.69, 9.17) is 0 Å². The number of hydrogen-bond donors (Lipinski definition) is 0. The topological polar surface area (TPSA) is 43.1 Å². The zero-order valence-electron chi connectivity index (χ0n) is 19.9. The van der Waals surface area contributed by atoms with Gasteiger partial charge < -0.3 is 9.47 Å². The van der Waals surface area contributed by atoms with E-state index in [1.54, 1.807) is 4.90 Å². The van der Waals surface area contributed by atoms with E-state index in [2.05, 4.69) is 67.7 Å². The second-order valence-corrected chi connectivity index (χ2v) is 8.64. The minimum Gasteiger partial charge on any atom is -0.340 e. The molecule has 0 atom stereocenters. The van der Waals surface area contributed by atoms with Crippen molar-refractivity contribution in [1.29, 1.82) is 0 Å². The summed E-state index contributed by atoms with van der Waals surface area (Å²) >= 11 is 0. The smallest absolute Gasteiger partial charge is 0.253 e. The second kappa shape index (κ2) is 8.65. The number of amides is 1. The van der Waals surface area contributed by atoms with Gasteiger partial charge in [-0.2, -0.15) is 5.10 Å². The average molecular weight is 429 g/mol. The van der Waals surface area contributed by atoms with Crippen molar-refractivity contribution in [3.63, 3.8) is 0 Å². The molecule has 0 bridgehead atoms. The fraction of sp³-hybridized carbons (Fsp3) is 0.333. The molecule has 0 fully saturated rings. The molecule has 166 valence electrons. The number of carbonyl (C=O) groups excluding carboxylic acids is 1. The van der Waals surface area contributed by atoms with Gasteiger partial charge in [-0.25, -0.2) is 0 Å². The number of benzene rings is 2. The van der Waals surface area contributed by atoms with Gasteiger partial charge in [0, 0.05) is 60.1 Å². The standard InChI is InChI=1S/C27H32N4O/c1-7-31-21(5)25(19(3)28-31)17-29(6)27(32)23-13-14-26-24(15-23)18(2)20(4)30(26)16-22-11-9-8-10-12-22/h8-15H,7,16-17H2,1-6H3. The molecule has 2 heterocycles. The molecule has 2 aromatic heterocycles. The zero-order valence-corrected chi connectivity index (χ0v) is 19.9. The molecule has 32 heavy (non-hydrogen) atoms. The summed E-state index contributed by atoms with van der Waals surface area (Å²) in [5, 5.41) is 5.73. The molecule has 0 saturated carbocycles. The lowest BCUT2D eigenvalue weighted by Crippen LogP contribution is -2.26. The van der Waals surface area contributed by atoms with Gasteiger partial charge in [-0.05, 0) is 63.9 Å². The quantitative estimate of drug-likeness (QED) is 0.412. The normalized spacial score (nSPS) is 11.3. The molecule has 0 unspecified atom stereocenters. The first-order valence-corrected chi connectivity index (χ1v) is 11.2. The molecule has 5 heteroatoms. The van der Waals surface area contributed by atoms with Gasteiger partial charge in [0.1, 0.15) is 0 Å². The van der Waals surface area contributed by atoms with Gasteiger partial charge in [-0.15, -0.1) is 0 Å². The summed E-state index contributed by atoms with van der Waals surface area (Å²) in [6.07, 6.45) is 0. The van der Waals surface area contributed by atoms with E-state index >= 15 is 0 Å². The van der Waals surface area contributed by atoms with E-state index in [1.165, 1.54) is 22.3 Å². The van der Waals surface area contributed by atoms with E-state index in [9.17, 15) is 4.79 Å². The van der Waals surface area contributed by atoms with Crippen LogP contribution >= 0.6 is 0 Å². The number of nitrogens with zero attached hydrogens (tertiary/aromatic N) is 4. The van der Waals surface area contributed by atoms with Crippen LogP contribution in [0.4, 0.5) is 0 Å². The maximum Gasteiger partial charge on any atom is 0.253 e. The van der Waals surface area contributed by atoms with E-state index in [0.717, 1.165) is 41.0 Å². The van der Waals surface area contributed by atoms with Crippen molar-refractivity contribution in [2.24, 2.45) is 0 Å². The van der Waals surface area contributed by atoms with Crippen LogP contribution in [0.3, 0.4) is 0 Å². The lowest BCUT2D eigenvalue weighted by molar-refractivity contribution is 0.0785. The average Bonchev–Trinajstić information content (AvgIpc) is 3.21. The first kappa shape index (κ1) is 21.9. The van der Waals surface area contributed by atoms with Crippen LogP contribution in [0, 0.1) is 27.7 Å². The molecule has 0 spiro atoms. The molecular formula is C27H32N4O. The summed E-state index contributed by atoms with van der Waals surface area (Å²) in [7, 11) is 1.87. The first-order valence-electron chi connectivity index (χ1n) is 11.2. The highest BCUT2D eigenvalue weighted by Gasteiger charge is 2.19. The van der Waals surface area contributed by atoms with E-state index in [1.807, 2.05) is 36.9 Å². The van der Waals surface area contributed by atoms with Crippen LogP contribution in [0.1, 0.15) is 51.1 Å². The van der Waals surface area contributed by atoms with Gasteiger partial charge in [-0.1, -0.05) is 30.3 Å². The van der Waals surface area contributed by atoms with Crippen molar-refractivity contribution in [2.45, 2.75) is 54.3 Å². The minimum absolute atomic E-state index is 0.0304. The third kappa shape index (κ3) is 3.83. The Morgan fingerprint density at radius 3 is 2.38 bits per heavy atom. The molecule has 0 aliphatic heterocycles. The van der Waals surface area contributed by atoms with E-state index < -0.39 is 0 Å². The van der Waals surface area contributed by atoms with Gasteiger partial charge in [-0.3, -0.25) is 9.48 Å². The van der Waals surface area contributed by atoms with Gasteiger partial charge in [0.15, 0.2) is 0 Å². The van der Waals surface area contributed by atoms with Crippen molar-refractivity contribution in [3.8, 4) is 0 Å². The van der Waals surface area contributed by atoms with Gasteiger partial charge >= 0.3 is 0 Å². The van der Waals surface area contributed by atoms with Gasteiger partial charge in [0.2, 0.25) is 0 Å². The maximum atomic E-state index is 13.3. The van der Waals surface area contributed by atoms with E-state index in [0.29, 0.717) is 6.54 Å². The van der Waals surface area contributed by atoms with Crippen molar-refractivity contribution < 1.29 is 4.79 Å². The molecule has 4 aromatic rings. The number of aromatic nitrogens is 3. The Kier molecular flexibility index (Phi) is 5.92. The third-order valence-corrected chi connectivity index (χ3v) is 6.64.